The van der Waals surface area contributed by atoms with Gasteiger partial charge in [0.25, 0.3) is 0 Å². The molecule has 48 heavy (non-hydrogen) atoms. The maximum Gasteiger partial charge on any atom is 0.101 e. The number of rotatable bonds is 4. The van der Waals surface area contributed by atoms with Crippen molar-refractivity contribution in [1.29, 1.82) is 10.5 Å². The monoisotopic (exact) mass is 610 g/mol. The van der Waals surface area contributed by atoms with Crippen LogP contribution in [-0.4, -0.2) is 9.13 Å². The summed E-state index contributed by atoms with van der Waals surface area (Å²) in [4.78, 5) is 0. The van der Waals surface area contributed by atoms with Gasteiger partial charge in [-0.05, 0) is 65.7 Å². The summed E-state index contributed by atoms with van der Waals surface area (Å²) in [7, 11) is 0. The van der Waals surface area contributed by atoms with Crippen molar-refractivity contribution in [2.45, 2.75) is 0 Å². The van der Waals surface area contributed by atoms with E-state index in [0.29, 0.717) is 11.1 Å². The second kappa shape index (κ2) is 10.9. The molecule has 0 saturated carbocycles. The number of hydrogen-bond donors (Lipinski definition) is 0. The molecule has 0 saturated heterocycles. The molecule has 7 aromatic carbocycles. The summed E-state index contributed by atoms with van der Waals surface area (Å²) in [6.45, 7) is 0. The Labute approximate surface area is 277 Å². The van der Waals surface area contributed by atoms with Crippen molar-refractivity contribution >= 4 is 43.6 Å². The van der Waals surface area contributed by atoms with Gasteiger partial charge in [0.15, 0.2) is 0 Å². The minimum atomic E-state index is 0.588. The van der Waals surface area contributed by atoms with Crippen molar-refractivity contribution in [1.82, 2.24) is 9.13 Å². The topological polar surface area (TPSA) is 57.4 Å². The molecule has 2 aromatic heterocycles. The lowest BCUT2D eigenvalue weighted by atomic mass is 9.96. The molecule has 0 spiro atoms. The lowest BCUT2D eigenvalue weighted by molar-refractivity contribution is 1.17. The summed E-state index contributed by atoms with van der Waals surface area (Å²) < 4.78 is 4.55. The van der Waals surface area contributed by atoms with E-state index in [-0.39, 0.29) is 0 Å². The fourth-order valence-electron chi connectivity index (χ4n) is 7.34. The van der Waals surface area contributed by atoms with Crippen LogP contribution in [0.5, 0.6) is 0 Å². The van der Waals surface area contributed by atoms with Crippen LogP contribution in [-0.2, 0) is 0 Å². The predicted molar refractivity (Wildman–Crippen MR) is 195 cm³/mol. The van der Waals surface area contributed by atoms with Crippen molar-refractivity contribution in [3.8, 4) is 45.8 Å². The van der Waals surface area contributed by atoms with Crippen LogP contribution in [0.3, 0.4) is 0 Å². The molecule has 0 N–H and O–H groups in total. The van der Waals surface area contributed by atoms with Crippen LogP contribution in [0, 0.1) is 22.7 Å². The van der Waals surface area contributed by atoms with Crippen molar-refractivity contribution in [3.63, 3.8) is 0 Å². The molecule has 222 valence electrons. The first-order valence-electron chi connectivity index (χ1n) is 15.9. The second-order valence-corrected chi connectivity index (χ2v) is 12.0. The van der Waals surface area contributed by atoms with Crippen LogP contribution < -0.4 is 0 Å². The largest absolute Gasteiger partial charge is 0.309 e. The average molecular weight is 611 g/mol. The normalized spacial score (nSPS) is 11.3. The van der Waals surface area contributed by atoms with Gasteiger partial charge in [-0.25, -0.2) is 0 Å². The minimum absolute atomic E-state index is 0.588. The Morgan fingerprint density at radius 3 is 1.77 bits per heavy atom. The third-order valence-electron chi connectivity index (χ3n) is 9.38. The minimum Gasteiger partial charge on any atom is -0.309 e. The Morgan fingerprint density at radius 1 is 0.417 bits per heavy atom. The molecule has 0 amide bonds. The van der Waals surface area contributed by atoms with Crippen molar-refractivity contribution < 1.29 is 0 Å². The zero-order chi connectivity index (χ0) is 32.2. The van der Waals surface area contributed by atoms with Crippen LogP contribution in [0.2, 0.25) is 0 Å². The molecular weight excluding hydrogens is 585 g/mol. The molecule has 4 heteroatoms. The SMILES string of the molecule is N#Cc1ccc2c(c1)c1cccc(-c3cccc(-c4cccc5c6ccccc6n(-c6ccccc6)c45)c3)c1n2-c1ccccc1C#N. The molecule has 0 bridgehead atoms. The summed E-state index contributed by atoms with van der Waals surface area (Å²) in [6.07, 6.45) is 0. The van der Waals surface area contributed by atoms with E-state index in [1.165, 1.54) is 21.8 Å². The van der Waals surface area contributed by atoms with Crippen LogP contribution >= 0.6 is 0 Å². The van der Waals surface area contributed by atoms with E-state index < -0.39 is 0 Å². The van der Waals surface area contributed by atoms with Crippen molar-refractivity contribution in [2.24, 2.45) is 0 Å². The Morgan fingerprint density at radius 2 is 1.02 bits per heavy atom. The fraction of sp³-hybridized carbons (Fsp3) is 0. The van der Waals surface area contributed by atoms with Gasteiger partial charge in [0.2, 0.25) is 0 Å². The summed E-state index contributed by atoms with van der Waals surface area (Å²) in [5.74, 6) is 0. The fourth-order valence-corrected chi connectivity index (χ4v) is 7.34. The van der Waals surface area contributed by atoms with Gasteiger partial charge in [-0.2, -0.15) is 10.5 Å². The van der Waals surface area contributed by atoms with Gasteiger partial charge in [-0.15, -0.1) is 0 Å². The molecule has 0 radical (unpaired) electrons. The molecule has 0 aliphatic rings. The Hall–Kier alpha value is -6.88. The maximum absolute atomic E-state index is 10.1. The predicted octanol–water partition coefficient (Wildman–Crippen LogP) is 11.0. The van der Waals surface area contributed by atoms with E-state index in [0.717, 1.165) is 55.4 Å². The summed E-state index contributed by atoms with van der Waals surface area (Å²) >= 11 is 0. The summed E-state index contributed by atoms with van der Waals surface area (Å²) in [5.41, 5.74) is 11.8. The van der Waals surface area contributed by atoms with Gasteiger partial charge in [-0.3, -0.25) is 0 Å². The molecular formula is C44H26N4. The Kier molecular flexibility index (Phi) is 6.22. The number of para-hydroxylation sites is 5. The smallest absolute Gasteiger partial charge is 0.101 e. The lowest BCUT2D eigenvalue weighted by Crippen LogP contribution is -1.98. The number of fused-ring (bicyclic) bond motifs is 6. The first-order chi connectivity index (χ1) is 23.7. The maximum atomic E-state index is 10.1. The lowest BCUT2D eigenvalue weighted by Gasteiger charge is -2.15. The first-order valence-corrected chi connectivity index (χ1v) is 15.9. The quantitative estimate of drug-likeness (QED) is 0.199. The second-order valence-electron chi connectivity index (χ2n) is 12.0. The summed E-state index contributed by atoms with van der Waals surface area (Å²) in [5, 5.41) is 24.3. The summed E-state index contributed by atoms with van der Waals surface area (Å²) in [6, 6.07) is 59.0. The molecule has 0 atom stereocenters. The van der Waals surface area contributed by atoms with Crippen LogP contribution in [0.15, 0.2) is 158 Å². The van der Waals surface area contributed by atoms with Gasteiger partial charge in [-0.1, -0.05) is 103 Å². The van der Waals surface area contributed by atoms with Crippen LogP contribution in [0.25, 0.3) is 77.2 Å². The van der Waals surface area contributed by atoms with E-state index in [4.69, 9.17) is 0 Å². The average Bonchev–Trinajstić information content (AvgIpc) is 3.68. The number of benzene rings is 7. The van der Waals surface area contributed by atoms with Gasteiger partial charge >= 0.3 is 0 Å². The van der Waals surface area contributed by atoms with E-state index in [1.54, 1.807) is 0 Å². The highest BCUT2D eigenvalue weighted by Crippen LogP contribution is 2.42. The third-order valence-corrected chi connectivity index (χ3v) is 9.38. The van der Waals surface area contributed by atoms with Crippen molar-refractivity contribution in [3.05, 3.63) is 169 Å². The number of nitriles is 2. The molecule has 9 aromatic rings. The van der Waals surface area contributed by atoms with Gasteiger partial charge in [0.05, 0.1) is 45.0 Å². The zero-order valence-electron chi connectivity index (χ0n) is 25.8. The highest BCUT2D eigenvalue weighted by molar-refractivity contribution is 6.16. The van der Waals surface area contributed by atoms with Gasteiger partial charge < -0.3 is 9.13 Å². The Bertz CT molecular complexity index is 2800. The van der Waals surface area contributed by atoms with Gasteiger partial charge in [0.1, 0.15) is 6.07 Å². The van der Waals surface area contributed by atoms with Crippen LogP contribution in [0.4, 0.5) is 0 Å². The molecule has 2 heterocycles. The standard InChI is InChI=1S/C44H26N4/c45-27-29-23-24-42-39(25-29)38-20-10-18-35(44(38)48(42)40-21-6-4-11-32(40)28-46)31-13-8-12-30(26-31)34-17-9-19-37-36-16-5-7-22-41(36)47(43(34)37)33-14-2-1-3-15-33/h1-26H. The Balaban J connectivity index is 1.34. The highest BCUT2D eigenvalue weighted by atomic mass is 15.0. The zero-order valence-corrected chi connectivity index (χ0v) is 25.8. The molecule has 0 aliphatic carbocycles. The van der Waals surface area contributed by atoms with E-state index in [1.807, 2.05) is 42.5 Å². The number of hydrogen-bond acceptors (Lipinski definition) is 2. The van der Waals surface area contributed by atoms with E-state index >= 15 is 0 Å². The third kappa shape index (κ3) is 4.07. The highest BCUT2D eigenvalue weighted by Gasteiger charge is 2.20. The van der Waals surface area contributed by atoms with Gasteiger partial charge in [0, 0.05) is 38.4 Å². The molecule has 0 fully saturated rings. The van der Waals surface area contributed by atoms with E-state index in [2.05, 4.69) is 137 Å². The molecule has 0 unspecified atom stereocenters. The molecule has 4 nitrogen and oxygen atoms in total. The molecule has 9 rings (SSSR count). The first kappa shape index (κ1) is 27.4. The van der Waals surface area contributed by atoms with Crippen LogP contribution in [0.1, 0.15) is 11.1 Å². The number of nitrogens with zero attached hydrogens (tertiary/aromatic N) is 4. The molecule has 0 aliphatic heterocycles. The van der Waals surface area contributed by atoms with Crippen molar-refractivity contribution in [2.75, 3.05) is 0 Å². The number of aromatic nitrogens is 2. The van der Waals surface area contributed by atoms with E-state index in [9.17, 15) is 10.5 Å².